The Morgan fingerprint density at radius 2 is 2.43 bits per heavy atom. The van der Waals surface area contributed by atoms with Crippen LogP contribution in [0.2, 0.25) is 0 Å². The summed E-state index contributed by atoms with van der Waals surface area (Å²) in [6.07, 6.45) is 2.10. The first-order valence-electron chi connectivity index (χ1n) is 5.09. The molecule has 0 saturated carbocycles. The van der Waals surface area contributed by atoms with E-state index in [4.69, 9.17) is 5.11 Å². The predicted octanol–water partition coefficient (Wildman–Crippen LogP) is -0.628. The van der Waals surface area contributed by atoms with Gasteiger partial charge in [0.05, 0.1) is 6.61 Å². The molecule has 5 heteroatoms. The number of nitrogens with zero attached hydrogens (tertiary/aromatic N) is 1. The van der Waals surface area contributed by atoms with E-state index in [1.165, 1.54) is 0 Å². The topological polar surface area (TPSA) is 64.6 Å². The number of nitrogens with one attached hydrogen (secondary N) is 2. The van der Waals surface area contributed by atoms with E-state index in [1.807, 2.05) is 0 Å². The van der Waals surface area contributed by atoms with Crippen molar-refractivity contribution >= 4 is 6.03 Å². The Morgan fingerprint density at radius 1 is 1.64 bits per heavy atom. The molecule has 1 unspecified atom stereocenters. The van der Waals surface area contributed by atoms with Crippen LogP contribution in [-0.4, -0.2) is 55.4 Å². The van der Waals surface area contributed by atoms with Crippen molar-refractivity contribution in [3.05, 3.63) is 0 Å². The van der Waals surface area contributed by atoms with Crippen LogP contribution in [0.5, 0.6) is 0 Å². The van der Waals surface area contributed by atoms with Crippen molar-refractivity contribution in [1.82, 2.24) is 15.5 Å². The predicted molar refractivity (Wildman–Crippen MR) is 54.1 cm³/mol. The van der Waals surface area contributed by atoms with Crippen molar-refractivity contribution in [3.8, 4) is 0 Å². The summed E-state index contributed by atoms with van der Waals surface area (Å²) in [5.41, 5.74) is 0. The minimum atomic E-state index is -0.0134. The van der Waals surface area contributed by atoms with Crippen LogP contribution in [0.25, 0.3) is 0 Å². The first kappa shape index (κ1) is 11.3. The summed E-state index contributed by atoms with van der Waals surface area (Å²) < 4.78 is 0. The standard InChI is InChI=1S/C9H19N3O2/c1-10-9(14)12-5-2-3-8(7-12)11-4-6-13/h8,11,13H,2-7H2,1H3,(H,10,14). The van der Waals surface area contributed by atoms with E-state index in [1.54, 1.807) is 11.9 Å². The van der Waals surface area contributed by atoms with E-state index in [2.05, 4.69) is 10.6 Å². The summed E-state index contributed by atoms with van der Waals surface area (Å²) in [7, 11) is 1.65. The lowest BCUT2D eigenvalue weighted by Gasteiger charge is -2.32. The molecule has 5 nitrogen and oxygen atoms in total. The Kier molecular flexibility index (Phi) is 4.69. The third kappa shape index (κ3) is 3.16. The van der Waals surface area contributed by atoms with Crippen molar-refractivity contribution in [1.29, 1.82) is 0 Å². The van der Waals surface area contributed by atoms with E-state index in [0.29, 0.717) is 12.6 Å². The molecule has 0 bridgehead atoms. The summed E-state index contributed by atoms with van der Waals surface area (Å²) in [4.78, 5) is 13.1. The first-order valence-corrected chi connectivity index (χ1v) is 5.09. The molecule has 14 heavy (non-hydrogen) atoms. The van der Waals surface area contributed by atoms with E-state index < -0.39 is 0 Å². The van der Waals surface area contributed by atoms with E-state index >= 15 is 0 Å². The number of likely N-dealkylation sites (tertiary alicyclic amines) is 1. The maximum Gasteiger partial charge on any atom is 0.317 e. The van der Waals surface area contributed by atoms with Crippen LogP contribution in [0.1, 0.15) is 12.8 Å². The van der Waals surface area contributed by atoms with Gasteiger partial charge < -0.3 is 20.6 Å². The second kappa shape index (κ2) is 5.82. The number of aliphatic hydroxyl groups excluding tert-OH is 1. The van der Waals surface area contributed by atoms with Crippen LogP contribution in [0.3, 0.4) is 0 Å². The highest BCUT2D eigenvalue weighted by Crippen LogP contribution is 2.09. The second-order valence-electron chi connectivity index (χ2n) is 3.52. The van der Waals surface area contributed by atoms with Crippen LogP contribution in [0.15, 0.2) is 0 Å². The number of rotatable bonds is 3. The summed E-state index contributed by atoms with van der Waals surface area (Å²) in [5, 5.41) is 14.5. The van der Waals surface area contributed by atoms with Gasteiger partial charge in [0.25, 0.3) is 0 Å². The number of piperidine rings is 1. The van der Waals surface area contributed by atoms with Gasteiger partial charge in [-0.1, -0.05) is 0 Å². The fourth-order valence-electron chi connectivity index (χ4n) is 1.76. The zero-order chi connectivity index (χ0) is 10.4. The molecule has 0 spiro atoms. The van der Waals surface area contributed by atoms with Gasteiger partial charge in [-0.25, -0.2) is 4.79 Å². The molecule has 1 fully saturated rings. The molecule has 2 amide bonds. The van der Waals surface area contributed by atoms with Crippen molar-refractivity contribution in [3.63, 3.8) is 0 Å². The zero-order valence-electron chi connectivity index (χ0n) is 8.62. The minimum absolute atomic E-state index is 0.0134. The maximum absolute atomic E-state index is 11.3. The van der Waals surface area contributed by atoms with Crippen molar-refractivity contribution in [2.75, 3.05) is 33.3 Å². The maximum atomic E-state index is 11.3. The number of amides is 2. The lowest BCUT2D eigenvalue weighted by atomic mass is 10.1. The number of urea groups is 1. The molecule has 0 aromatic carbocycles. The molecule has 0 radical (unpaired) electrons. The van der Waals surface area contributed by atoms with Crippen LogP contribution < -0.4 is 10.6 Å². The summed E-state index contributed by atoms with van der Waals surface area (Å²) in [5.74, 6) is 0. The Hall–Kier alpha value is -0.810. The van der Waals surface area contributed by atoms with Gasteiger partial charge in [-0.3, -0.25) is 0 Å². The minimum Gasteiger partial charge on any atom is -0.395 e. The lowest BCUT2D eigenvalue weighted by Crippen LogP contribution is -2.50. The molecule has 1 aliphatic heterocycles. The van der Waals surface area contributed by atoms with Crippen LogP contribution >= 0.6 is 0 Å². The zero-order valence-corrected chi connectivity index (χ0v) is 8.62. The average molecular weight is 201 g/mol. The van der Waals surface area contributed by atoms with E-state index in [9.17, 15) is 4.79 Å². The Bertz CT molecular complexity index is 187. The lowest BCUT2D eigenvalue weighted by molar-refractivity contribution is 0.172. The van der Waals surface area contributed by atoms with Gasteiger partial charge in [-0.05, 0) is 12.8 Å². The monoisotopic (exact) mass is 201 g/mol. The van der Waals surface area contributed by atoms with E-state index in [-0.39, 0.29) is 12.6 Å². The SMILES string of the molecule is CNC(=O)N1CCCC(NCCO)C1. The van der Waals surface area contributed by atoms with Gasteiger partial charge in [-0.2, -0.15) is 0 Å². The number of hydrogen-bond donors (Lipinski definition) is 3. The molecule has 0 aromatic heterocycles. The van der Waals surface area contributed by atoms with Crippen molar-refractivity contribution in [2.45, 2.75) is 18.9 Å². The van der Waals surface area contributed by atoms with Crippen LogP contribution in [0.4, 0.5) is 4.79 Å². The molecule has 82 valence electrons. The van der Waals surface area contributed by atoms with Crippen molar-refractivity contribution in [2.24, 2.45) is 0 Å². The smallest absolute Gasteiger partial charge is 0.317 e. The molecular formula is C9H19N3O2. The quantitative estimate of drug-likeness (QED) is 0.570. The third-order valence-corrected chi connectivity index (χ3v) is 2.47. The molecule has 1 aliphatic rings. The molecule has 0 aromatic rings. The molecular weight excluding hydrogens is 182 g/mol. The fourth-order valence-corrected chi connectivity index (χ4v) is 1.76. The van der Waals surface area contributed by atoms with Gasteiger partial charge in [0.1, 0.15) is 0 Å². The summed E-state index contributed by atoms with van der Waals surface area (Å²) >= 11 is 0. The highest BCUT2D eigenvalue weighted by molar-refractivity contribution is 5.73. The number of carbonyl (C=O) groups is 1. The molecule has 1 rings (SSSR count). The van der Waals surface area contributed by atoms with Crippen molar-refractivity contribution < 1.29 is 9.90 Å². The number of carbonyl (C=O) groups excluding carboxylic acids is 1. The number of hydrogen-bond acceptors (Lipinski definition) is 3. The van der Waals surface area contributed by atoms with E-state index in [0.717, 1.165) is 25.9 Å². The summed E-state index contributed by atoms with van der Waals surface area (Å²) in [6, 6.07) is 0.314. The van der Waals surface area contributed by atoms with Gasteiger partial charge in [0.15, 0.2) is 0 Å². The average Bonchev–Trinajstić information content (AvgIpc) is 2.25. The molecule has 0 aliphatic carbocycles. The molecule has 3 N–H and O–H groups in total. The largest absolute Gasteiger partial charge is 0.395 e. The van der Waals surface area contributed by atoms with Crippen LogP contribution in [-0.2, 0) is 0 Å². The Labute approximate surface area is 84.5 Å². The Balaban J connectivity index is 2.31. The normalized spacial score (nSPS) is 22.1. The number of aliphatic hydroxyl groups is 1. The highest BCUT2D eigenvalue weighted by Gasteiger charge is 2.21. The second-order valence-corrected chi connectivity index (χ2v) is 3.52. The molecule has 1 atom stereocenters. The molecule has 1 heterocycles. The van der Waals surface area contributed by atoms with Gasteiger partial charge >= 0.3 is 6.03 Å². The van der Waals surface area contributed by atoms with Gasteiger partial charge in [0.2, 0.25) is 0 Å². The summed E-state index contributed by atoms with van der Waals surface area (Å²) in [6.45, 7) is 2.32. The highest BCUT2D eigenvalue weighted by atomic mass is 16.3. The first-order chi connectivity index (χ1) is 6.77. The third-order valence-electron chi connectivity index (χ3n) is 2.47. The van der Waals surface area contributed by atoms with Gasteiger partial charge in [0, 0.05) is 32.7 Å². The van der Waals surface area contributed by atoms with Gasteiger partial charge in [-0.15, -0.1) is 0 Å². The fraction of sp³-hybridized carbons (Fsp3) is 0.889. The van der Waals surface area contributed by atoms with Crippen LogP contribution in [0, 0.1) is 0 Å². The Morgan fingerprint density at radius 3 is 3.07 bits per heavy atom. The molecule has 1 saturated heterocycles.